The number of aryl methyl sites for hydroxylation is 2. The highest BCUT2D eigenvalue weighted by Gasteiger charge is 2.23. The Labute approximate surface area is 453 Å². The minimum atomic E-state index is 0. The van der Waals surface area contributed by atoms with E-state index in [4.69, 9.17) is 9.47 Å². The van der Waals surface area contributed by atoms with Gasteiger partial charge in [-0.2, -0.15) is 9.13 Å². The first-order valence-electron chi connectivity index (χ1n) is 21.4. The van der Waals surface area contributed by atoms with Gasteiger partial charge in [0.2, 0.25) is 11.0 Å². The number of aromatic nitrogens is 2. The average Bonchev–Trinajstić information content (AvgIpc) is 3.77. The summed E-state index contributed by atoms with van der Waals surface area (Å²) in [4.78, 5) is 4.17. The number of allylic oxidation sites excluding steroid dienone is 4. The first-order chi connectivity index (χ1) is 29.7. The molecule has 0 saturated heterocycles. The molecule has 0 fully saturated rings. The number of hydrogen-bond donors (Lipinski definition) is 0. The minimum Gasteiger partial charge on any atom is -1.00 e. The largest absolute Gasteiger partial charge is 1.00 e. The summed E-state index contributed by atoms with van der Waals surface area (Å²) in [7, 11) is 12.9. The summed E-state index contributed by atoms with van der Waals surface area (Å²) in [5.74, 6) is 3.42. The molecule has 0 saturated carbocycles. The Morgan fingerprint density at radius 1 is 0.508 bits per heavy atom. The highest BCUT2D eigenvalue weighted by molar-refractivity contribution is 5.87. The maximum Gasteiger partial charge on any atom is 0.213 e. The van der Waals surface area contributed by atoms with Crippen LogP contribution in [-0.4, -0.2) is 62.9 Å². The molecule has 340 valence electrons. The predicted molar refractivity (Wildman–Crippen MR) is 251 cm³/mol. The van der Waals surface area contributed by atoms with E-state index in [1.165, 1.54) is 44.4 Å². The number of benzene rings is 4. The van der Waals surface area contributed by atoms with Crippen LogP contribution in [-0.2, 0) is 13.1 Å². The van der Waals surface area contributed by atoms with Gasteiger partial charge in [0, 0.05) is 51.2 Å². The zero-order chi connectivity index (χ0) is 42.3. The van der Waals surface area contributed by atoms with E-state index in [9.17, 15) is 0 Å². The molecule has 0 spiro atoms. The van der Waals surface area contributed by atoms with Crippen LogP contribution in [0.5, 0.6) is 11.5 Å². The number of para-hydroxylation sites is 6. The van der Waals surface area contributed by atoms with E-state index >= 15 is 0 Å². The maximum absolute atomic E-state index is 6.08. The molecule has 2 aromatic heterocycles. The molecule has 8 rings (SSSR count). The van der Waals surface area contributed by atoms with Crippen molar-refractivity contribution in [2.45, 2.75) is 45.2 Å². The monoisotopic (exact) mass is 1320 g/mol. The third-order valence-corrected chi connectivity index (χ3v) is 12.0. The van der Waals surface area contributed by atoms with Gasteiger partial charge in [0.15, 0.2) is 60.2 Å². The van der Waals surface area contributed by atoms with Crippen molar-refractivity contribution in [2.24, 2.45) is 0 Å². The van der Waals surface area contributed by atoms with Crippen LogP contribution < -0.4 is 124 Å². The van der Waals surface area contributed by atoms with E-state index in [1.807, 2.05) is 62.6 Å². The quantitative estimate of drug-likeness (QED) is 0.0685. The molecule has 0 bridgehead atoms. The lowest BCUT2D eigenvalue weighted by Gasteiger charge is -2.09. The normalized spacial score (nSPS) is 13.8. The van der Waals surface area contributed by atoms with Crippen LogP contribution in [0.1, 0.15) is 43.2 Å². The topological polar surface area (TPSA) is 38.7 Å². The fraction of sp³-hybridized carbons (Fsp3) is 0.245. The van der Waals surface area contributed by atoms with Crippen LogP contribution in [0, 0.1) is 0 Å². The number of rotatable bonds is 14. The van der Waals surface area contributed by atoms with Crippen molar-refractivity contribution in [3.8, 4) is 11.5 Å². The summed E-state index contributed by atoms with van der Waals surface area (Å²) in [6.07, 6.45) is 22.3. The molecule has 0 aliphatic carbocycles. The van der Waals surface area contributed by atoms with Gasteiger partial charge in [0.05, 0.1) is 35.0 Å². The number of halogens is 4. The summed E-state index contributed by atoms with van der Waals surface area (Å²) in [6, 6.07) is 38.2. The van der Waals surface area contributed by atoms with E-state index in [0.29, 0.717) is 0 Å². The summed E-state index contributed by atoms with van der Waals surface area (Å²) in [6.45, 7) is 1.85. The smallest absolute Gasteiger partial charge is 0.213 e. The predicted octanol–water partition coefficient (Wildman–Crippen LogP) is -2.57. The molecule has 4 heterocycles. The molecule has 6 aromatic rings. The van der Waals surface area contributed by atoms with Crippen LogP contribution >= 0.6 is 0 Å². The van der Waals surface area contributed by atoms with Crippen LogP contribution in [0.3, 0.4) is 0 Å². The molecule has 2 aliphatic heterocycles. The summed E-state index contributed by atoms with van der Waals surface area (Å²) < 4.78 is 21.6. The second kappa shape index (κ2) is 25.3. The fourth-order valence-electron chi connectivity index (χ4n) is 8.44. The van der Waals surface area contributed by atoms with Crippen molar-refractivity contribution in [3.63, 3.8) is 0 Å². The molecule has 65 heavy (non-hydrogen) atoms. The van der Waals surface area contributed by atoms with E-state index < -0.39 is 0 Å². The highest BCUT2D eigenvalue weighted by atomic mass is 127. The SMILES string of the molecule is CN1C(=CC=Cc2cc[n+](CCC(CCCC(CC[n+]3ccc(C=CC=C4Oc5ccccc5N4C)c4ccccc43)=[N+](C)C)=[N+](C)C)c3ccccc23)Oc2ccccc21.[I-].[I-].[I-].[I-]. The Kier molecular flexibility index (Phi) is 20.9. The van der Waals surface area contributed by atoms with Gasteiger partial charge in [0.1, 0.15) is 28.2 Å². The van der Waals surface area contributed by atoms with Crippen molar-refractivity contribution in [1.29, 1.82) is 0 Å². The number of ether oxygens (including phenoxy) is 2. The van der Waals surface area contributed by atoms with Gasteiger partial charge in [-0.1, -0.05) is 72.8 Å². The zero-order valence-electron chi connectivity index (χ0n) is 38.0. The van der Waals surface area contributed by atoms with Gasteiger partial charge < -0.3 is 115 Å². The maximum atomic E-state index is 6.08. The summed E-state index contributed by atoms with van der Waals surface area (Å²) in [5.41, 5.74) is 9.97. The molecular weight excluding hydrogens is 1260 g/mol. The Bertz CT molecular complexity index is 2600. The second-order valence-corrected chi connectivity index (χ2v) is 16.2. The number of fused-ring (bicyclic) bond motifs is 4. The van der Waals surface area contributed by atoms with E-state index in [1.54, 1.807) is 0 Å². The van der Waals surface area contributed by atoms with Crippen molar-refractivity contribution in [1.82, 2.24) is 0 Å². The van der Waals surface area contributed by atoms with Crippen LogP contribution in [0.2, 0.25) is 0 Å². The first-order valence-corrected chi connectivity index (χ1v) is 21.4. The summed E-state index contributed by atoms with van der Waals surface area (Å²) in [5, 5.41) is 2.48. The lowest BCUT2D eigenvalue weighted by atomic mass is 10.0. The van der Waals surface area contributed by atoms with Gasteiger partial charge in [-0.05, 0) is 66.1 Å². The van der Waals surface area contributed by atoms with E-state index in [0.717, 1.165) is 79.8 Å². The molecule has 0 atom stereocenters. The number of pyridine rings is 2. The highest BCUT2D eigenvalue weighted by Crippen LogP contribution is 2.38. The Hall–Kier alpha value is -3.88. The molecule has 2 aliphatic rings. The van der Waals surface area contributed by atoms with Crippen LogP contribution in [0.4, 0.5) is 11.4 Å². The van der Waals surface area contributed by atoms with Crippen molar-refractivity contribution < 1.29 is 124 Å². The molecule has 8 nitrogen and oxygen atoms in total. The van der Waals surface area contributed by atoms with Crippen molar-refractivity contribution in [3.05, 3.63) is 169 Å². The Morgan fingerprint density at radius 2 is 0.892 bits per heavy atom. The summed E-state index contributed by atoms with van der Waals surface area (Å²) >= 11 is 0. The number of hydrogen-bond acceptors (Lipinski definition) is 4. The zero-order valence-corrected chi connectivity index (χ0v) is 46.6. The van der Waals surface area contributed by atoms with Gasteiger partial charge in [-0.15, -0.1) is 0 Å². The van der Waals surface area contributed by atoms with Crippen LogP contribution in [0.15, 0.2) is 158 Å². The van der Waals surface area contributed by atoms with E-state index in [2.05, 4.69) is 166 Å². The van der Waals surface area contributed by atoms with Crippen molar-refractivity contribution >= 4 is 56.8 Å². The molecule has 4 aromatic carbocycles. The molecular formula is C53H58I4N6O2. The third-order valence-electron chi connectivity index (χ3n) is 12.0. The first kappa shape index (κ1) is 53.7. The van der Waals surface area contributed by atoms with Gasteiger partial charge in [0.25, 0.3) is 0 Å². The third kappa shape index (κ3) is 12.8. The number of nitrogens with zero attached hydrogens (tertiary/aromatic N) is 6. The molecule has 0 radical (unpaired) electrons. The molecule has 0 amide bonds. The standard InChI is InChI=1S/C53H58N6O2.4HI/c1-54(2)42(34-38-58-36-32-40(44-22-7-9-24-46(44)58)18-15-30-52-56(5)48-26-11-13-28-50(48)60-52)20-17-21-43(55(3)4)35-39-59-37-33-41(45-23-8-10-25-47(45)59)19-16-31-53-57(6)49-27-12-14-29-51(49)61-53;;;;/h7-16,18-19,22-33,36-37H,17,20-21,34-35,38-39H2,1-6H3;4*1H/q+4;;;;/p-4. The Balaban J connectivity index is 0.00000231. The van der Waals surface area contributed by atoms with E-state index in [-0.39, 0.29) is 95.9 Å². The van der Waals surface area contributed by atoms with Gasteiger partial charge in [-0.25, -0.2) is 9.15 Å². The molecule has 12 heteroatoms. The van der Waals surface area contributed by atoms with Crippen LogP contribution in [0.25, 0.3) is 34.0 Å². The fourth-order valence-corrected chi connectivity index (χ4v) is 8.44. The minimum absolute atomic E-state index is 0. The molecule has 0 N–H and O–H groups in total. The number of anilines is 2. The Morgan fingerprint density at radius 3 is 1.29 bits per heavy atom. The molecule has 0 unspecified atom stereocenters. The average molecular weight is 1320 g/mol. The second-order valence-electron chi connectivity index (χ2n) is 16.2. The lowest BCUT2D eigenvalue weighted by molar-refractivity contribution is -0.670. The van der Waals surface area contributed by atoms with Gasteiger partial charge >= 0.3 is 0 Å². The van der Waals surface area contributed by atoms with Crippen molar-refractivity contribution in [2.75, 3.05) is 52.1 Å². The lowest BCUT2D eigenvalue weighted by Crippen LogP contribution is -3.00. The van der Waals surface area contributed by atoms with Gasteiger partial charge in [-0.3, -0.25) is 0 Å².